The molecule has 0 aromatic rings. The van der Waals surface area contributed by atoms with Crippen LogP contribution in [-0.4, -0.2) is 28.9 Å². The molecule has 16 heavy (non-hydrogen) atoms. The molecule has 0 aromatic heterocycles. The maximum Gasteiger partial charge on any atom is 0.216 e. The normalized spacial score (nSPS) is 10.9. The highest BCUT2D eigenvalue weighted by Gasteiger charge is 2.17. The molecular weight excluding hydrogens is 224 g/mol. The Morgan fingerprint density at radius 2 is 1.69 bits per heavy atom. The largest absolute Gasteiger partial charge is 0.272 e. The van der Waals surface area contributed by atoms with Crippen LogP contribution in [0.15, 0.2) is 10.1 Å². The molecule has 1 N–H and O–H groups in total. The first-order valence-corrected chi connectivity index (χ1v) is 5.86. The minimum absolute atomic E-state index is 0.155. The van der Waals surface area contributed by atoms with Gasteiger partial charge in [-0.15, -0.1) is 0 Å². The molecule has 0 atom stereocenters. The summed E-state index contributed by atoms with van der Waals surface area (Å²) < 4.78 is 0. The molecule has 0 amide bonds. The van der Waals surface area contributed by atoms with Crippen molar-refractivity contribution in [2.24, 2.45) is 16.0 Å². The average Bonchev–Trinajstić information content (AvgIpc) is 2.19. The Hall–Kier alpha value is -0.900. The zero-order valence-electron chi connectivity index (χ0n) is 11.1. The summed E-state index contributed by atoms with van der Waals surface area (Å²) >= 11 is 5.43. The summed E-state index contributed by atoms with van der Waals surface area (Å²) in [6.07, 6.45) is 0. The number of aliphatic imine (C=N–C) groups is 1. The highest BCUT2D eigenvalue weighted by molar-refractivity contribution is 6.64. The van der Waals surface area contributed by atoms with Gasteiger partial charge in [0.25, 0.3) is 0 Å². The molecule has 0 bridgehead atoms. The Balaban J connectivity index is 0. The fraction of sp³-hybridized carbons (Fsp3) is 0.727. The van der Waals surface area contributed by atoms with Crippen LogP contribution < -0.4 is 0 Å². The first-order valence-electron chi connectivity index (χ1n) is 5.48. The fourth-order valence-electron chi connectivity index (χ4n) is 1.05. The molecule has 0 aliphatic rings. The van der Waals surface area contributed by atoms with Crippen LogP contribution in [0.25, 0.3) is 0 Å². The van der Waals surface area contributed by atoms with E-state index in [4.69, 9.17) is 17.0 Å². The Kier molecular flexibility index (Phi) is 10.2. The predicted molar refractivity (Wildman–Crippen MR) is 73.7 cm³/mol. The lowest BCUT2D eigenvalue weighted by Gasteiger charge is -2.26. The number of halogens is 1. The number of amidine groups is 2. The first-order chi connectivity index (χ1) is 7.40. The molecule has 4 nitrogen and oxygen atoms in total. The van der Waals surface area contributed by atoms with E-state index in [1.807, 2.05) is 41.5 Å². The van der Waals surface area contributed by atoms with E-state index in [0.717, 1.165) is 0 Å². The third-order valence-corrected chi connectivity index (χ3v) is 1.69. The topological polar surface area (TPSA) is 51.8 Å². The van der Waals surface area contributed by atoms with Crippen LogP contribution >= 0.6 is 11.6 Å². The van der Waals surface area contributed by atoms with Gasteiger partial charge < -0.3 is 0 Å². The van der Waals surface area contributed by atoms with Crippen molar-refractivity contribution in [1.82, 2.24) is 5.01 Å². The van der Waals surface area contributed by atoms with E-state index in [0.29, 0.717) is 5.84 Å². The van der Waals surface area contributed by atoms with Crippen LogP contribution in [0, 0.1) is 11.3 Å². The van der Waals surface area contributed by atoms with Gasteiger partial charge >= 0.3 is 0 Å². The SMILES string of the molecule is C=NN(/C(=N/C(=N)Cl)C(C)C)C(C)C.CC. The Morgan fingerprint density at radius 1 is 1.25 bits per heavy atom. The molecule has 94 valence electrons. The van der Waals surface area contributed by atoms with Crippen molar-refractivity contribution in [2.45, 2.75) is 47.6 Å². The molecule has 0 rings (SSSR count). The molecule has 0 aromatic carbocycles. The molecule has 0 heterocycles. The standard InChI is InChI=1S/C9H17ClN4.C2H6/c1-6(2)8(13-9(10)11)14(12-5)7(3)4;1-2/h6-7,11H,5H2,1-4H3;1-2H3/b11-9?,13-8+;. The molecular formula is C11H23ClN4. The molecule has 0 fully saturated rings. The molecule has 0 saturated heterocycles. The van der Waals surface area contributed by atoms with Crippen LogP contribution in [-0.2, 0) is 0 Å². The lowest BCUT2D eigenvalue weighted by Crippen LogP contribution is -2.35. The molecule has 0 spiro atoms. The molecule has 0 saturated carbocycles. The number of rotatable bonds is 3. The van der Waals surface area contributed by atoms with E-state index in [1.165, 1.54) is 0 Å². The van der Waals surface area contributed by atoms with Gasteiger partial charge in [0.15, 0.2) is 0 Å². The number of hydrogen-bond acceptors (Lipinski definition) is 2. The fourth-order valence-corrected chi connectivity index (χ4v) is 1.13. The van der Waals surface area contributed by atoms with E-state index in [2.05, 4.69) is 16.8 Å². The Labute approximate surface area is 104 Å². The average molecular weight is 247 g/mol. The minimum Gasteiger partial charge on any atom is -0.272 e. The summed E-state index contributed by atoms with van der Waals surface area (Å²) in [5.41, 5.74) is 0. The van der Waals surface area contributed by atoms with Gasteiger partial charge in [-0.2, -0.15) is 5.10 Å². The maximum atomic E-state index is 7.12. The van der Waals surface area contributed by atoms with E-state index in [9.17, 15) is 0 Å². The smallest absolute Gasteiger partial charge is 0.216 e. The van der Waals surface area contributed by atoms with Crippen molar-refractivity contribution in [2.75, 3.05) is 0 Å². The minimum atomic E-state index is -0.233. The third-order valence-electron chi connectivity index (χ3n) is 1.61. The molecule has 5 heteroatoms. The molecule has 0 unspecified atom stereocenters. The zero-order valence-corrected chi connectivity index (χ0v) is 11.8. The highest BCUT2D eigenvalue weighted by atomic mass is 35.5. The number of hydrazone groups is 1. The van der Waals surface area contributed by atoms with Crippen LogP contribution in [0.4, 0.5) is 0 Å². The lowest BCUT2D eigenvalue weighted by atomic mass is 10.2. The third kappa shape index (κ3) is 6.56. The van der Waals surface area contributed by atoms with Gasteiger partial charge in [-0.25, -0.2) is 10.0 Å². The van der Waals surface area contributed by atoms with E-state index in [1.54, 1.807) is 5.01 Å². The van der Waals surface area contributed by atoms with Crippen LogP contribution in [0.1, 0.15) is 41.5 Å². The van der Waals surface area contributed by atoms with Crippen molar-refractivity contribution in [3.8, 4) is 0 Å². The zero-order chi connectivity index (χ0) is 13.3. The summed E-state index contributed by atoms with van der Waals surface area (Å²) in [4.78, 5) is 3.93. The van der Waals surface area contributed by atoms with E-state index < -0.39 is 0 Å². The van der Waals surface area contributed by atoms with Gasteiger partial charge in [-0.3, -0.25) is 5.41 Å². The van der Waals surface area contributed by atoms with E-state index in [-0.39, 0.29) is 17.3 Å². The summed E-state index contributed by atoms with van der Waals surface area (Å²) in [7, 11) is 0. The maximum absolute atomic E-state index is 7.12. The number of nitrogens with one attached hydrogen (secondary N) is 1. The van der Waals surface area contributed by atoms with Gasteiger partial charge in [0, 0.05) is 18.7 Å². The van der Waals surface area contributed by atoms with Crippen molar-refractivity contribution in [1.29, 1.82) is 5.41 Å². The summed E-state index contributed by atoms with van der Waals surface area (Å²) in [5, 5.41) is 12.4. The summed E-state index contributed by atoms with van der Waals surface area (Å²) in [6.45, 7) is 15.4. The second-order valence-corrected chi connectivity index (χ2v) is 3.85. The molecule has 0 aliphatic carbocycles. The number of nitrogens with zero attached hydrogens (tertiary/aromatic N) is 3. The lowest BCUT2D eigenvalue weighted by molar-refractivity contribution is 0.355. The van der Waals surface area contributed by atoms with Crippen molar-refractivity contribution in [3.63, 3.8) is 0 Å². The predicted octanol–water partition coefficient (Wildman–Crippen LogP) is 3.57. The number of hydrogen-bond donors (Lipinski definition) is 1. The quantitative estimate of drug-likeness (QED) is 0.352. The monoisotopic (exact) mass is 246 g/mol. The van der Waals surface area contributed by atoms with Crippen LogP contribution in [0.2, 0.25) is 0 Å². The van der Waals surface area contributed by atoms with Gasteiger partial charge in [0.1, 0.15) is 5.84 Å². The molecule has 0 aliphatic heterocycles. The first kappa shape index (κ1) is 17.5. The summed E-state index contributed by atoms with van der Waals surface area (Å²) in [6, 6.07) is 0.157. The summed E-state index contributed by atoms with van der Waals surface area (Å²) in [5.74, 6) is 0.817. The van der Waals surface area contributed by atoms with Crippen LogP contribution in [0.5, 0.6) is 0 Å². The molecule has 0 radical (unpaired) electrons. The Bertz CT molecular complexity index is 246. The highest BCUT2D eigenvalue weighted by Crippen LogP contribution is 2.09. The second-order valence-electron chi connectivity index (χ2n) is 3.50. The van der Waals surface area contributed by atoms with Crippen molar-refractivity contribution < 1.29 is 0 Å². The van der Waals surface area contributed by atoms with Gasteiger partial charge in [0.05, 0.1) is 0 Å². The van der Waals surface area contributed by atoms with Gasteiger partial charge in [-0.05, 0) is 25.4 Å². The Morgan fingerprint density at radius 3 is 1.88 bits per heavy atom. The van der Waals surface area contributed by atoms with Gasteiger partial charge in [0.2, 0.25) is 5.29 Å². The van der Waals surface area contributed by atoms with Crippen LogP contribution in [0.3, 0.4) is 0 Å². The van der Waals surface area contributed by atoms with E-state index >= 15 is 0 Å². The van der Waals surface area contributed by atoms with Crippen molar-refractivity contribution >= 4 is 29.4 Å². The van der Waals surface area contributed by atoms with Gasteiger partial charge in [-0.1, -0.05) is 27.7 Å². The second kappa shape index (κ2) is 9.33. The van der Waals surface area contributed by atoms with Crippen molar-refractivity contribution in [3.05, 3.63) is 0 Å².